The van der Waals surface area contributed by atoms with E-state index in [9.17, 15) is 17.8 Å². The summed E-state index contributed by atoms with van der Waals surface area (Å²) in [6, 6.07) is 13.9. The second kappa shape index (κ2) is 6.22. The maximum absolute atomic E-state index is 12.1. The van der Waals surface area contributed by atoms with Gasteiger partial charge in [-0.1, -0.05) is 42.5 Å². The van der Waals surface area contributed by atoms with Crippen LogP contribution in [0.1, 0.15) is 29.2 Å². The molecule has 2 aromatic rings. The first-order valence-electron chi connectivity index (χ1n) is 7.39. The Hall–Kier alpha value is -2.44. The first kappa shape index (κ1) is 16.4. The van der Waals surface area contributed by atoms with Crippen LogP contribution in [0.5, 0.6) is 0 Å². The zero-order chi connectivity index (χ0) is 17.3. The number of benzene rings is 2. The zero-order valence-corrected chi connectivity index (χ0v) is 13.8. The summed E-state index contributed by atoms with van der Waals surface area (Å²) in [7, 11) is -4.33. The van der Waals surface area contributed by atoms with Crippen LogP contribution in [0.3, 0.4) is 0 Å². The molecule has 0 saturated heterocycles. The predicted molar refractivity (Wildman–Crippen MR) is 88.9 cm³/mol. The molecule has 2 aromatic carbocycles. The summed E-state index contributed by atoms with van der Waals surface area (Å²) in [5.41, 5.74) is 1.74. The van der Waals surface area contributed by atoms with Crippen molar-refractivity contribution in [1.29, 1.82) is 0 Å². The molecule has 0 bridgehead atoms. The topological polar surface area (TPSA) is 80.7 Å². The Balaban J connectivity index is 1.97. The number of hydrogen-bond donors (Lipinski definition) is 1. The summed E-state index contributed by atoms with van der Waals surface area (Å²) >= 11 is 0. The van der Waals surface area contributed by atoms with Gasteiger partial charge in [-0.15, -0.1) is 0 Å². The van der Waals surface area contributed by atoms with Crippen LogP contribution in [-0.4, -0.2) is 18.8 Å². The van der Waals surface area contributed by atoms with E-state index >= 15 is 0 Å². The Morgan fingerprint density at radius 3 is 2.50 bits per heavy atom. The molecule has 1 N–H and O–H groups in total. The Labute approximate surface area is 140 Å². The second-order valence-electron chi connectivity index (χ2n) is 5.65. The molecule has 1 aliphatic rings. The van der Waals surface area contributed by atoms with E-state index in [0.717, 1.165) is 5.56 Å². The summed E-state index contributed by atoms with van der Waals surface area (Å²) in [5, 5.41) is 0. The third kappa shape index (κ3) is 3.39. The van der Waals surface area contributed by atoms with E-state index in [2.05, 4.69) is 0 Å². The molecule has 0 saturated carbocycles. The largest absolute Gasteiger partial charge is 0.484 e. The first-order chi connectivity index (χ1) is 11.3. The summed E-state index contributed by atoms with van der Waals surface area (Å²) < 4.78 is 38.2. The molecule has 5 nitrogen and oxygen atoms in total. The Morgan fingerprint density at radius 1 is 1.12 bits per heavy atom. The molecule has 124 valence electrons. The fraction of sp³-hybridized carbons (Fsp3) is 0.167. The highest BCUT2D eigenvalue weighted by Crippen LogP contribution is 2.34. The number of carbonyl (C=O) groups is 1. The fourth-order valence-electron chi connectivity index (χ4n) is 2.65. The van der Waals surface area contributed by atoms with Gasteiger partial charge in [0.25, 0.3) is 10.1 Å². The van der Waals surface area contributed by atoms with Gasteiger partial charge in [0, 0.05) is 11.6 Å². The normalized spacial score (nSPS) is 18.0. The number of ether oxygens (including phenoxy) is 1. The van der Waals surface area contributed by atoms with Crippen LogP contribution in [0.4, 0.5) is 0 Å². The molecule has 0 spiro atoms. The van der Waals surface area contributed by atoms with E-state index < -0.39 is 16.2 Å². The number of aryl methyl sites for hydroxylation is 1. The SMILES string of the molecule is Cc1ccc(C2CC(=O)C=C(c3ccccc3)O2)cc1S(=O)(=O)O. The van der Waals surface area contributed by atoms with Gasteiger partial charge in [0.15, 0.2) is 5.78 Å². The molecular formula is C18H16O5S. The number of hydrogen-bond acceptors (Lipinski definition) is 4. The Kier molecular flexibility index (Phi) is 4.26. The van der Waals surface area contributed by atoms with Gasteiger partial charge in [0.2, 0.25) is 0 Å². The van der Waals surface area contributed by atoms with Crippen LogP contribution < -0.4 is 0 Å². The summed E-state index contributed by atoms with van der Waals surface area (Å²) in [4.78, 5) is 11.9. The molecule has 6 heteroatoms. The van der Waals surface area contributed by atoms with Crippen molar-refractivity contribution in [3.05, 3.63) is 71.3 Å². The van der Waals surface area contributed by atoms with Crippen molar-refractivity contribution in [1.82, 2.24) is 0 Å². The smallest absolute Gasteiger partial charge is 0.294 e. The molecule has 0 fully saturated rings. The van der Waals surface area contributed by atoms with Crippen molar-refractivity contribution in [3.63, 3.8) is 0 Å². The summed E-state index contributed by atoms with van der Waals surface area (Å²) in [5.74, 6) is 0.352. The van der Waals surface area contributed by atoms with E-state index in [1.54, 1.807) is 19.1 Å². The lowest BCUT2D eigenvalue weighted by Crippen LogP contribution is -2.15. The molecule has 1 unspecified atom stereocenters. The van der Waals surface area contributed by atoms with Crippen molar-refractivity contribution in [3.8, 4) is 0 Å². The Bertz CT molecular complexity index is 914. The fourth-order valence-corrected chi connectivity index (χ4v) is 3.41. The van der Waals surface area contributed by atoms with E-state index in [-0.39, 0.29) is 17.1 Å². The minimum Gasteiger partial charge on any atom is -0.484 e. The van der Waals surface area contributed by atoms with E-state index in [1.807, 2.05) is 30.3 Å². The van der Waals surface area contributed by atoms with Crippen LogP contribution in [0, 0.1) is 6.92 Å². The van der Waals surface area contributed by atoms with Gasteiger partial charge in [-0.3, -0.25) is 9.35 Å². The zero-order valence-electron chi connectivity index (χ0n) is 13.0. The summed E-state index contributed by atoms with van der Waals surface area (Å²) in [6.45, 7) is 1.59. The minimum atomic E-state index is -4.33. The molecule has 0 radical (unpaired) electrons. The average molecular weight is 344 g/mol. The second-order valence-corrected chi connectivity index (χ2v) is 7.04. The van der Waals surface area contributed by atoms with Gasteiger partial charge in [-0.05, 0) is 24.1 Å². The number of carbonyl (C=O) groups excluding carboxylic acids is 1. The molecule has 0 amide bonds. The monoisotopic (exact) mass is 344 g/mol. The molecule has 1 atom stereocenters. The van der Waals surface area contributed by atoms with Gasteiger partial charge in [-0.2, -0.15) is 8.42 Å². The van der Waals surface area contributed by atoms with Crippen LogP contribution >= 0.6 is 0 Å². The predicted octanol–water partition coefficient (Wildman–Crippen LogP) is 3.31. The van der Waals surface area contributed by atoms with Crippen LogP contribution in [0.15, 0.2) is 59.5 Å². The van der Waals surface area contributed by atoms with E-state index in [4.69, 9.17) is 4.74 Å². The van der Waals surface area contributed by atoms with Crippen LogP contribution in [0.25, 0.3) is 5.76 Å². The lowest BCUT2D eigenvalue weighted by molar-refractivity contribution is -0.117. The highest BCUT2D eigenvalue weighted by molar-refractivity contribution is 7.85. The van der Waals surface area contributed by atoms with E-state index in [0.29, 0.717) is 16.9 Å². The molecule has 0 aliphatic carbocycles. The van der Waals surface area contributed by atoms with Gasteiger partial charge in [0.05, 0.1) is 11.3 Å². The number of rotatable bonds is 3. The van der Waals surface area contributed by atoms with E-state index in [1.165, 1.54) is 12.1 Å². The molecular weight excluding hydrogens is 328 g/mol. The maximum Gasteiger partial charge on any atom is 0.294 e. The van der Waals surface area contributed by atoms with Crippen molar-refractivity contribution >= 4 is 21.7 Å². The van der Waals surface area contributed by atoms with Gasteiger partial charge in [0.1, 0.15) is 11.9 Å². The average Bonchev–Trinajstić information content (AvgIpc) is 2.54. The standard InChI is InChI=1S/C18H16O5S/c1-12-7-8-14(9-18(12)24(20,21)22)17-11-15(19)10-16(23-17)13-5-3-2-4-6-13/h2-10,17H,11H2,1H3,(H,20,21,22). The molecule has 24 heavy (non-hydrogen) atoms. The third-order valence-electron chi connectivity index (χ3n) is 3.87. The third-order valence-corrected chi connectivity index (χ3v) is 4.86. The molecule has 1 aliphatic heterocycles. The minimum absolute atomic E-state index is 0.0981. The quantitative estimate of drug-likeness (QED) is 0.864. The molecule has 3 rings (SSSR count). The lowest BCUT2D eigenvalue weighted by atomic mass is 9.99. The maximum atomic E-state index is 12.1. The molecule has 0 aromatic heterocycles. The highest BCUT2D eigenvalue weighted by atomic mass is 32.2. The Morgan fingerprint density at radius 2 is 1.83 bits per heavy atom. The van der Waals surface area contributed by atoms with Crippen molar-refractivity contribution in [2.75, 3.05) is 0 Å². The lowest BCUT2D eigenvalue weighted by Gasteiger charge is -2.25. The van der Waals surface area contributed by atoms with Gasteiger partial charge < -0.3 is 4.74 Å². The van der Waals surface area contributed by atoms with Crippen molar-refractivity contribution in [2.45, 2.75) is 24.3 Å². The molecule has 1 heterocycles. The first-order valence-corrected chi connectivity index (χ1v) is 8.83. The highest BCUT2D eigenvalue weighted by Gasteiger charge is 2.26. The van der Waals surface area contributed by atoms with Crippen LogP contribution in [0.2, 0.25) is 0 Å². The van der Waals surface area contributed by atoms with Crippen molar-refractivity contribution in [2.24, 2.45) is 0 Å². The van der Waals surface area contributed by atoms with Crippen LogP contribution in [-0.2, 0) is 19.6 Å². The van der Waals surface area contributed by atoms with Gasteiger partial charge in [-0.25, -0.2) is 0 Å². The van der Waals surface area contributed by atoms with Crippen molar-refractivity contribution < 1.29 is 22.5 Å². The number of allylic oxidation sites excluding steroid dienone is 1. The number of ketones is 1. The van der Waals surface area contributed by atoms with Gasteiger partial charge >= 0.3 is 0 Å². The summed E-state index contributed by atoms with van der Waals surface area (Å²) in [6.07, 6.45) is 0.965.